The van der Waals surface area contributed by atoms with Crippen LogP contribution >= 0.6 is 0 Å². The van der Waals surface area contributed by atoms with E-state index in [4.69, 9.17) is 11.5 Å². The zero-order valence-corrected chi connectivity index (χ0v) is 10.9. The summed E-state index contributed by atoms with van der Waals surface area (Å²) in [6.45, 7) is 3.89. The molecule has 19 heavy (non-hydrogen) atoms. The molecule has 5 heteroatoms. The highest BCUT2D eigenvalue weighted by atomic mass is 16.4. The van der Waals surface area contributed by atoms with Crippen molar-refractivity contribution in [1.82, 2.24) is 5.32 Å². The van der Waals surface area contributed by atoms with Gasteiger partial charge >= 0.3 is 12.0 Å². The summed E-state index contributed by atoms with van der Waals surface area (Å²) < 4.78 is 0. The van der Waals surface area contributed by atoms with E-state index in [-0.39, 0.29) is 6.42 Å². The second-order valence-corrected chi connectivity index (χ2v) is 4.20. The largest absolute Gasteiger partial charge is 0.480 e. The monoisotopic (exact) mass is 260 g/mol. The van der Waals surface area contributed by atoms with Crippen molar-refractivity contribution in [3.05, 3.63) is 29.3 Å². The Hall–Kier alpha value is -2.48. The highest BCUT2D eigenvalue weighted by molar-refractivity contribution is 5.92. The zero-order valence-electron chi connectivity index (χ0n) is 10.9. The zero-order chi connectivity index (χ0) is 14.4. The van der Waals surface area contributed by atoms with E-state index in [1.165, 1.54) is 0 Å². The number of carbonyl (C=O) groups is 2. The highest BCUT2D eigenvalue weighted by Crippen LogP contribution is 2.13. The van der Waals surface area contributed by atoms with Crippen LogP contribution in [-0.4, -0.2) is 23.1 Å². The van der Waals surface area contributed by atoms with Crippen molar-refractivity contribution in [1.29, 1.82) is 0 Å². The van der Waals surface area contributed by atoms with Gasteiger partial charge in [0.1, 0.15) is 6.04 Å². The molecule has 0 aromatic heterocycles. The number of benzene rings is 1. The van der Waals surface area contributed by atoms with Gasteiger partial charge in [0.25, 0.3) is 0 Å². The minimum Gasteiger partial charge on any atom is -0.480 e. The number of carboxylic acid groups (broad SMARTS) is 1. The number of aliphatic carboxylic acids is 1. The standard InChI is InChI=1S/C14H16N2O3/c1-4-5-12(13(17)18)16-14(19)15-11-7-6-9(2)10(3)8-11/h1,6-8,12H,5H2,2-3H3,(H,17,18)(H2,15,16,19). The predicted octanol–water partition coefficient (Wildman–Crippen LogP) is 1.90. The molecule has 0 spiro atoms. The molecule has 0 radical (unpaired) electrons. The van der Waals surface area contributed by atoms with Crippen LogP contribution in [0.15, 0.2) is 18.2 Å². The molecule has 3 N–H and O–H groups in total. The van der Waals surface area contributed by atoms with Crippen LogP contribution in [0.5, 0.6) is 0 Å². The summed E-state index contributed by atoms with van der Waals surface area (Å²) in [5, 5.41) is 13.7. The molecule has 0 saturated carbocycles. The van der Waals surface area contributed by atoms with Crippen LogP contribution < -0.4 is 10.6 Å². The second kappa shape index (κ2) is 6.45. The average molecular weight is 260 g/mol. The fraction of sp³-hybridized carbons (Fsp3) is 0.286. The van der Waals surface area contributed by atoms with Crippen LogP contribution in [0, 0.1) is 26.2 Å². The molecule has 100 valence electrons. The fourth-order valence-electron chi connectivity index (χ4n) is 1.46. The SMILES string of the molecule is C#CCC(NC(=O)Nc1ccc(C)c(C)c1)C(=O)O. The van der Waals surface area contributed by atoms with Gasteiger partial charge in [-0.25, -0.2) is 9.59 Å². The Morgan fingerprint density at radius 2 is 2.05 bits per heavy atom. The van der Waals surface area contributed by atoms with Crippen LogP contribution in [0.3, 0.4) is 0 Å². The van der Waals surface area contributed by atoms with E-state index in [1.54, 1.807) is 6.07 Å². The number of rotatable bonds is 4. The second-order valence-electron chi connectivity index (χ2n) is 4.20. The van der Waals surface area contributed by atoms with Gasteiger partial charge in [-0.05, 0) is 37.1 Å². The van der Waals surface area contributed by atoms with Crippen molar-refractivity contribution < 1.29 is 14.7 Å². The normalized spacial score (nSPS) is 11.2. The molecule has 0 aliphatic rings. The maximum Gasteiger partial charge on any atom is 0.327 e. The van der Waals surface area contributed by atoms with Crippen molar-refractivity contribution in [2.45, 2.75) is 26.3 Å². The van der Waals surface area contributed by atoms with Gasteiger partial charge in [0.15, 0.2) is 0 Å². The van der Waals surface area contributed by atoms with Gasteiger partial charge in [-0.2, -0.15) is 0 Å². The Morgan fingerprint density at radius 3 is 2.58 bits per heavy atom. The Labute approximate surface area is 112 Å². The molecule has 0 fully saturated rings. The lowest BCUT2D eigenvalue weighted by atomic mass is 10.1. The van der Waals surface area contributed by atoms with Crippen molar-refractivity contribution in [2.24, 2.45) is 0 Å². The van der Waals surface area contributed by atoms with Crippen molar-refractivity contribution >= 4 is 17.7 Å². The predicted molar refractivity (Wildman–Crippen MR) is 72.9 cm³/mol. The van der Waals surface area contributed by atoms with Gasteiger partial charge in [0.2, 0.25) is 0 Å². The number of hydrogen-bond acceptors (Lipinski definition) is 2. The molecule has 0 aliphatic heterocycles. The molecule has 1 aromatic rings. The quantitative estimate of drug-likeness (QED) is 0.723. The summed E-state index contributed by atoms with van der Waals surface area (Å²) >= 11 is 0. The van der Waals surface area contributed by atoms with Crippen molar-refractivity contribution in [3.8, 4) is 12.3 Å². The smallest absolute Gasteiger partial charge is 0.327 e. The minimum absolute atomic E-state index is 0.0598. The van der Waals surface area contributed by atoms with E-state index in [0.717, 1.165) is 11.1 Å². The first kappa shape index (κ1) is 14.6. The molecule has 1 aromatic carbocycles. The summed E-state index contributed by atoms with van der Waals surface area (Å²) in [6.07, 6.45) is 4.99. The summed E-state index contributed by atoms with van der Waals surface area (Å²) in [4.78, 5) is 22.5. The number of carbonyl (C=O) groups excluding carboxylic acids is 1. The number of terminal acetylenes is 1. The molecule has 5 nitrogen and oxygen atoms in total. The van der Waals surface area contributed by atoms with Gasteiger partial charge in [-0.3, -0.25) is 0 Å². The van der Waals surface area contributed by atoms with Gasteiger partial charge in [-0.15, -0.1) is 12.3 Å². The molecule has 1 unspecified atom stereocenters. The number of aryl methyl sites for hydroxylation is 2. The summed E-state index contributed by atoms with van der Waals surface area (Å²) in [5.74, 6) is 1.05. The fourth-order valence-corrected chi connectivity index (χ4v) is 1.46. The van der Waals surface area contributed by atoms with Gasteiger partial charge in [0.05, 0.1) is 0 Å². The first-order valence-corrected chi connectivity index (χ1v) is 5.75. The van der Waals surface area contributed by atoms with Crippen LogP contribution in [0.1, 0.15) is 17.5 Å². The number of nitrogens with one attached hydrogen (secondary N) is 2. The summed E-state index contributed by atoms with van der Waals surface area (Å²) in [6, 6.07) is 3.76. The Balaban J connectivity index is 2.66. The molecule has 1 atom stereocenters. The number of amides is 2. The molecule has 0 saturated heterocycles. The third-order valence-corrected chi connectivity index (χ3v) is 2.69. The summed E-state index contributed by atoms with van der Waals surface area (Å²) in [5.41, 5.74) is 2.75. The number of urea groups is 1. The molecule has 1 rings (SSSR count). The topological polar surface area (TPSA) is 78.4 Å². The lowest BCUT2D eigenvalue weighted by Gasteiger charge is -2.13. The van der Waals surface area contributed by atoms with E-state index < -0.39 is 18.0 Å². The van der Waals surface area contributed by atoms with Crippen LogP contribution in [-0.2, 0) is 4.79 Å². The Kier molecular flexibility index (Phi) is 4.95. The molecule has 0 heterocycles. The maximum atomic E-state index is 11.6. The highest BCUT2D eigenvalue weighted by Gasteiger charge is 2.18. The molecular weight excluding hydrogens is 244 g/mol. The van der Waals surface area contributed by atoms with E-state index >= 15 is 0 Å². The van der Waals surface area contributed by atoms with Crippen LogP contribution in [0.4, 0.5) is 10.5 Å². The third-order valence-electron chi connectivity index (χ3n) is 2.69. The van der Waals surface area contributed by atoms with E-state index in [1.807, 2.05) is 26.0 Å². The first-order chi connectivity index (χ1) is 8.93. The molecule has 2 amide bonds. The number of anilines is 1. The molecular formula is C14H16N2O3. The van der Waals surface area contributed by atoms with E-state index in [2.05, 4.69) is 16.6 Å². The lowest BCUT2D eigenvalue weighted by Crippen LogP contribution is -2.42. The Morgan fingerprint density at radius 1 is 1.37 bits per heavy atom. The average Bonchev–Trinajstić information content (AvgIpc) is 2.33. The van der Waals surface area contributed by atoms with Crippen LogP contribution in [0.25, 0.3) is 0 Å². The number of carboxylic acids is 1. The van der Waals surface area contributed by atoms with E-state index in [0.29, 0.717) is 5.69 Å². The minimum atomic E-state index is -1.16. The first-order valence-electron chi connectivity index (χ1n) is 5.75. The van der Waals surface area contributed by atoms with Gasteiger partial charge < -0.3 is 15.7 Å². The molecule has 0 bridgehead atoms. The van der Waals surface area contributed by atoms with Gasteiger partial charge in [-0.1, -0.05) is 6.07 Å². The van der Waals surface area contributed by atoms with Crippen LogP contribution in [0.2, 0.25) is 0 Å². The summed E-state index contributed by atoms with van der Waals surface area (Å²) in [7, 11) is 0. The Bertz CT molecular complexity index is 532. The van der Waals surface area contributed by atoms with Crippen molar-refractivity contribution in [3.63, 3.8) is 0 Å². The maximum absolute atomic E-state index is 11.6. The van der Waals surface area contributed by atoms with Gasteiger partial charge in [0, 0.05) is 12.1 Å². The third kappa shape index (κ3) is 4.36. The lowest BCUT2D eigenvalue weighted by molar-refractivity contribution is -0.139. The van der Waals surface area contributed by atoms with E-state index in [9.17, 15) is 9.59 Å². The molecule has 0 aliphatic carbocycles. The van der Waals surface area contributed by atoms with Crippen molar-refractivity contribution in [2.75, 3.05) is 5.32 Å². The number of hydrogen-bond donors (Lipinski definition) is 3.